The smallest absolute Gasteiger partial charge is 0.412 e. The lowest BCUT2D eigenvalue weighted by molar-refractivity contribution is -0.0166. The summed E-state index contributed by atoms with van der Waals surface area (Å²) in [5, 5.41) is 6.60. The highest BCUT2D eigenvalue weighted by Crippen LogP contribution is 2.30. The first-order valence-corrected chi connectivity index (χ1v) is 17.1. The van der Waals surface area contributed by atoms with Crippen LogP contribution >= 0.6 is 0 Å². The molecule has 0 aromatic heterocycles. The van der Waals surface area contributed by atoms with Gasteiger partial charge in [0.1, 0.15) is 5.60 Å². The van der Waals surface area contributed by atoms with Gasteiger partial charge in [-0.25, -0.2) is 4.79 Å². The lowest BCUT2D eigenvalue weighted by Crippen LogP contribution is -2.46. The molecule has 45 heavy (non-hydrogen) atoms. The van der Waals surface area contributed by atoms with Gasteiger partial charge in [0.15, 0.2) is 0 Å². The van der Waals surface area contributed by atoms with E-state index in [2.05, 4.69) is 57.7 Å². The minimum absolute atomic E-state index is 0.383. The molecule has 0 radical (unpaired) electrons. The van der Waals surface area contributed by atoms with Crippen molar-refractivity contribution in [1.29, 1.82) is 0 Å². The number of rotatable bonds is 16. The van der Waals surface area contributed by atoms with Gasteiger partial charge in [-0.15, -0.1) is 0 Å². The average molecular weight is 613 g/mol. The first kappa shape index (κ1) is 33.0. The van der Waals surface area contributed by atoms with Gasteiger partial charge in [0.05, 0.1) is 5.69 Å². The Morgan fingerprint density at radius 2 is 1.49 bits per heavy atom. The van der Waals surface area contributed by atoms with E-state index in [0.29, 0.717) is 6.04 Å². The number of likely N-dealkylation sites (tertiary alicyclic amines) is 2. The van der Waals surface area contributed by atoms with Crippen molar-refractivity contribution in [2.24, 2.45) is 0 Å². The summed E-state index contributed by atoms with van der Waals surface area (Å²) in [5.41, 5.74) is 3.59. The minimum atomic E-state index is -0.446. The van der Waals surface area contributed by atoms with Crippen LogP contribution in [0.1, 0.15) is 58.3 Å². The Kier molecular flexibility index (Phi) is 12.7. The van der Waals surface area contributed by atoms with E-state index in [1.807, 2.05) is 54.6 Å². The molecule has 0 unspecified atom stereocenters. The van der Waals surface area contributed by atoms with E-state index in [1.54, 1.807) is 0 Å². The second-order valence-electron chi connectivity index (χ2n) is 12.8. The molecule has 0 bridgehead atoms. The number of hydrogen-bond donors (Lipinski definition) is 2. The number of para-hydroxylation sites is 2. The molecule has 2 saturated heterocycles. The summed E-state index contributed by atoms with van der Waals surface area (Å²) >= 11 is 0. The molecule has 7 nitrogen and oxygen atoms in total. The van der Waals surface area contributed by atoms with Gasteiger partial charge in [-0.1, -0.05) is 66.7 Å². The van der Waals surface area contributed by atoms with Crippen LogP contribution in [-0.4, -0.2) is 80.0 Å². The van der Waals surface area contributed by atoms with Crippen LogP contribution in [0.4, 0.5) is 16.2 Å². The third-order valence-electron chi connectivity index (χ3n) is 9.31. The lowest BCUT2D eigenvalue weighted by atomic mass is 9.93. The summed E-state index contributed by atoms with van der Waals surface area (Å²) in [5.74, 6) is 0. The van der Waals surface area contributed by atoms with Gasteiger partial charge in [-0.3, -0.25) is 10.2 Å². The Labute approximate surface area is 270 Å². The third kappa shape index (κ3) is 10.6. The summed E-state index contributed by atoms with van der Waals surface area (Å²) in [7, 11) is 0. The zero-order chi connectivity index (χ0) is 31.2. The zero-order valence-electron chi connectivity index (χ0n) is 27.1. The largest absolute Gasteiger partial charge is 0.443 e. The van der Waals surface area contributed by atoms with Crippen molar-refractivity contribution >= 4 is 17.5 Å². The topological polar surface area (TPSA) is 66.1 Å². The number of ether oxygens (including phenoxy) is 2. The van der Waals surface area contributed by atoms with Gasteiger partial charge in [0, 0.05) is 50.1 Å². The number of anilines is 2. The molecule has 2 heterocycles. The Bertz CT molecular complexity index is 1280. The molecule has 2 N–H and O–H groups in total. The van der Waals surface area contributed by atoms with Gasteiger partial charge in [0.25, 0.3) is 0 Å². The molecule has 5 rings (SSSR count). The molecule has 3 aromatic rings. The number of benzene rings is 3. The number of amides is 1. The molecular weight excluding hydrogens is 560 g/mol. The number of carbonyl (C=O) groups is 1. The van der Waals surface area contributed by atoms with Crippen molar-refractivity contribution in [2.45, 2.75) is 69.9 Å². The van der Waals surface area contributed by atoms with Crippen LogP contribution in [-0.2, 0) is 9.47 Å². The van der Waals surface area contributed by atoms with Gasteiger partial charge in [-0.05, 0) is 102 Å². The summed E-state index contributed by atoms with van der Waals surface area (Å²) in [6, 6.07) is 29.1. The molecule has 1 amide bonds. The van der Waals surface area contributed by atoms with Crippen molar-refractivity contribution < 1.29 is 14.3 Å². The summed E-state index contributed by atoms with van der Waals surface area (Å²) in [4.78, 5) is 18.0. The minimum Gasteiger partial charge on any atom is -0.443 e. The van der Waals surface area contributed by atoms with E-state index in [4.69, 9.17) is 9.47 Å². The Balaban J connectivity index is 0.892. The molecule has 0 saturated carbocycles. The van der Waals surface area contributed by atoms with Crippen LogP contribution in [0.3, 0.4) is 0 Å². The van der Waals surface area contributed by atoms with E-state index in [0.717, 1.165) is 88.3 Å². The van der Waals surface area contributed by atoms with Crippen molar-refractivity contribution in [3.8, 4) is 11.1 Å². The molecule has 3 aromatic carbocycles. The Morgan fingerprint density at radius 1 is 0.822 bits per heavy atom. The summed E-state index contributed by atoms with van der Waals surface area (Å²) in [6.45, 7) is 10.2. The van der Waals surface area contributed by atoms with Crippen LogP contribution in [0.25, 0.3) is 11.1 Å². The van der Waals surface area contributed by atoms with Crippen molar-refractivity contribution in [2.75, 3.05) is 63.1 Å². The van der Waals surface area contributed by atoms with Gasteiger partial charge >= 0.3 is 6.09 Å². The quantitative estimate of drug-likeness (QED) is 0.160. The van der Waals surface area contributed by atoms with Gasteiger partial charge in [-0.2, -0.15) is 0 Å². The number of piperidine rings is 1. The average Bonchev–Trinajstić information content (AvgIpc) is 3.52. The fourth-order valence-electron chi connectivity index (χ4n) is 6.55. The zero-order valence-corrected chi connectivity index (χ0v) is 27.1. The normalized spacial score (nSPS) is 18.5. The molecule has 2 aliphatic rings. The number of carbonyl (C=O) groups excluding carboxylic acids is 1. The monoisotopic (exact) mass is 612 g/mol. The van der Waals surface area contributed by atoms with Crippen molar-refractivity contribution in [3.63, 3.8) is 0 Å². The van der Waals surface area contributed by atoms with Crippen LogP contribution in [0.2, 0.25) is 0 Å². The van der Waals surface area contributed by atoms with Crippen molar-refractivity contribution in [3.05, 3.63) is 84.9 Å². The van der Waals surface area contributed by atoms with Crippen LogP contribution in [0, 0.1) is 0 Å². The predicted molar refractivity (Wildman–Crippen MR) is 185 cm³/mol. The number of unbranched alkanes of at least 4 members (excludes halogenated alkanes) is 2. The molecule has 0 spiro atoms. The van der Waals surface area contributed by atoms with E-state index in [-0.39, 0.29) is 6.09 Å². The van der Waals surface area contributed by atoms with Gasteiger partial charge < -0.3 is 19.7 Å². The van der Waals surface area contributed by atoms with E-state index in [1.165, 1.54) is 38.0 Å². The fourth-order valence-corrected chi connectivity index (χ4v) is 6.55. The lowest BCUT2D eigenvalue weighted by Gasteiger charge is -2.38. The third-order valence-corrected chi connectivity index (χ3v) is 9.31. The fraction of sp³-hybridized carbons (Fsp3) is 0.500. The van der Waals surface area contributed by atoms with Crippen molar-refractivity contribution in [1.82, 2.24) is 9.80 Å². The number of nitrogens with one attached hydrogen (secondary N) is 2. The Morgan fingerprint density at radius 3 is 2.24 bits per heavy atom. The second-order valence-corrected chi connectivity index (χ2v) is 12.8. The molecule has 0 aliphatic carbocycles. The van der Waals surface area contributed by atoms with Crippen LogP contribution in [0.5, 0.6) is 0 Å². The van der Waals surface area contributed by atoms with Crippen LogP contribution < -0.4 is 10.6 Å². The maximum atomic E-state index is 12.9. The molecule has 2 fully saturated rings. The highest BCUT2D eigenvalue weighted by molar-refractivity contribution is 5.91. The first-order chi connectivity index (χ1) is 22.1. The molecule has 242 valence electrons. The van der Waals surface area contributed by atoms with E-state index < -0.39 is 5.60 Å². The highest BCUT2D eigenvalue weighted by atomic mass is 16.6. The molecule has 7 heteroatoms. The van der Waals surface area contributed by atoms with Crippen LogP contribution in [0.15, 0.2) is 84.9 Å². The SMILES string of the molecule is CC1(OC(=O)Nc2ccccc2-c2ccccc2)CCN(CCCCOCCCCN2CCC[C@H]2CNc2ccccc2)CC1. The standard InChI is InChI=1S/C38H52N4O3/c1-38(45-37(43)40-36-21-9-8-20-35(36)32-15-4-2-5-16-32)22-27-41(28-23-38)24-10-12-29-44-30-13-11-25-42-26-14-19-34(42)31-39-33-17-6-3-7-18-33/h2-9,15-18,20-21,34,39H,10-14,19,22-31H2,1H3,(H,40,43)/t34-/m0/s1. The van der Waals surface area contributed by atoms with E-state index >= 15 is 0 Å². The summed E-state index contributed by atoms with van der Waals surface area (Å²) < 4.78 is 11.9. The molecular formula is C38H52N4O3. The highest BCUT2D eigenvalue weighted by Gasteiger charge is 2.33. The second kappa shape index (κ2) is 17.3. The first-order valence-electron chi connectivity index (χ1n) is 17.1. The molecule has 1 atom stereocenters. The maximum absolute atomic E-state index is 12.9. The predicted octanol–water partition coefficient (Wildman–Crippen LogP) is 7.91. The number of nitrogens with zero attached hydrogens (tertiary/aromatic N) is 2. The van der Waals surface area contributed by atoms with E-state index in [9.17, 15) is 4.79 Å². The Hall–Kier alpha value is -3.39. The number of hydrogen-bond acceptors (Lipinski definition) is 6. The summed E-state index contributed by atoms with van der Waals surface area (Å²) in [6.07, 6.45) is 8.46. The maximum Gasteiger partial charge on any atom is 0.412 e. The molecule has 2 aliphatic heterocycles. The van der Waals surface area contributed by atoms with Gasteiger partial charge in [0.2, 0.25) is 0 Å².